The minimum absolute atomic E-state index is 0.433. The molecular weight excluding hydrogens is 236 g/mol. The van der Waals surface area contributed by atoms with Gasteiger partial charge < -0.3 is 14.6 Å². The van der Waals surface area contributed by atoms with Crippen molar-refractivity contribution in [1.82, 2.24) is 9.88 Å². The Bertz CT molecular complexity index is 333. The topological polar surface area (TPSA) is 26.2 Å². The van der Waals surface area contributed by atoms with Gasteiger partial charge >= 0.3 is 0 Å². The fraction of sp³-hybridized carbons (Fsp3) is 0.750. The van der Waals surface area contributed by atoms with Crippen molar-refractivity contribution in [3.05, 3.63) is 24.0 Å². The molecule has 0 bridgehead atoms. The van der Waals surface area contributed by atoms with Crippen LogP contribution in [0.25, 0.3) is 0 Å². The summed E-state index contributed by atoms with van der Waals surface area (Å²) in [6.07, 6.45) is 6.69. The maximum Gasteiger partial charge on any atom is 0.0645 e. The van der Waals surface area contributed by atoms with E-state index in [-0.39, 0.29) is 0 Å². The fourth-order valence-corrected chi connectivity index (χ4v) is 1.92. The largest absolute Gasteiger partial charge is 0.380 e. The molecule has 1 rings (SSSR count). The summed E-state index contributed by atoms with van der Waals surface area (Å²) in [6.45, 7) is 12.6. The molecule has 0 spiro atoms. The summed E-state index contributed by atoms with van der Waals surface area (Å²) in [5.74, 6) is 0.726. The van der Waals surface area contributed by atoms with E-state index in [2.05, 4.69) is 56.0 Å². The third-order valence-electron chi connectivity index (χ3n) is 3.31. The first-order valence-electron chi connectivity index (χ1n) is 7.60. The number of ether oxygens (including phenoxy) is 1. The summed E-state index contributed by atoms with van der Waals surface area (Å²) < 4.78 is 7.86. The number of aromatic nitrogens is 1. The molecule has 0 aromatic carbocycles. The molecule has 1 aromatic heterocycles. The molecule has 0 aliphatic heterocycles. The molecule has 0 saturated carbocycles. The molecule has 1 atom stereocenters. The Balaban J connectivity index is 2.23. The molecule has 110 valence electrons. The van der Waals surface area contributed by atoms with Crippen molar-refractivity contribution in [2.24, 2.45) is 5.92 Å². The van der Waals surface area contributed by atoms with Crippen LogP contribution in [0.5, 0.6) is 0 Å². The van der Waals surface area contributed by atoms with E-state index in [1.165, 1.54) is 12.0 Å². The van der Waals surface area contributed by atoms with E-state index in [9.17, 15) is 0 Å². The predicted octanol–water partition coefficient (Wildman–Crippen LogP) is 3.61. The van der Waals surface area contributed by atoms with Gasteiger partial charge in [0.15, 0.2) is 0 Å². The molecule has 1 N–H and O–H groups in total. The maximum atomic E-state index is 5.65. The Hall–Kier alpha value is -0.800. The number of hydrogen-bond acceptors (Lipinski definition) is 2. The molecule has 1 heterocycles. The molecule has 0 aliphatic rings. The summed E-state index contributed by atoms with van der Waals surface area (Å²) in [5.41, 5.74) is 1.36. The Morgan fingerprint density at radius 3 is 2.74 bits per heavy atom. The van der Waals surface area contributed by atoms with Gasteiger partial charge in [-0.15, -0.1) is 0 Å². The molecular formula is C16H30N2O. The van der Waals surface area contributed by atoms with Gasteiger partial charge in [0, 0.05) is 31.6 Å². The van der Waals surface area contributed by atoms with Gasteiger partial charge in [0.25, 0.3) is 0 Å². The minimum atomic E-state index is 0.433. The van der Waals surface area contributed by atoms with E-state index in [1.807, 2.05) is 0 Å². The molecule has 3 nitrogen and oxygen atoms in total. The van der Waals surface area contributed by atoms with Crippen LogP contribution in [0.15, 0.2) is 18.5 Å². The summed E-state index contributed by atoms with van der Waals surface area (Å²) in [4.78, 5) is 0. The fourth-order valence-electron chi connectivity index (χ4n) is 1.92. The summed E-state index contributed by atoms with van der Waals surface area (Å²) >= 11 is 0. The smallest absolute Gasteiger partial charge is 0.0645 e. The second-order valence-electron chi connectivity index (χ2n) is 5.65. The third-order valence-corrected chi connectivity index (χ3v) is 3.31. The third kappa shape index (κ3) is 6.79. The number of rotatable bonds is 10. The van der Waals surface area contributed by atoms with Crippen molar-refractivity contribution in [1.29, 1.82) is 0 Å². The quantitative estimate of drug-likeness (QED) is 0.655. The summed E-state index contributed by atoms with van der Waals surface area (Å²) in [7, 11) is 0. The Kier molecular flexibility index (Phi) is 7.84. The lowest BCUT2D eigenvalue weighted by molar-refractivity contribution is 0.116. The SMILES string of the molecule is CCCNC(C)c1ccn(CCOCCC(C)C)c1. The minimum Gasteiger partial charge on any atom is -0.380 e. The monoisotopic (exact) mass is 266 g/mol. The average molecular weight is 266 g/mol. The molecule has 0 amide bonds. The molecule has 0 radical (unpaired) electrons. The molecule has 0 fully saturated rings. The van der Waals surface area contributed by atoms with Gasteiger partial charge in [-0.25, -0.2) is 0 Å². The first-order valence-corrected chi connectivity index (χ1v) is 7.60. The van der Waals surface area contributed by atoms with Gasteiger partial charge in [0.2, 0.25) is 0 Å². The van der Waals surface area contributed by atoms with Crippen LogP contribution in [0.3, 0.4) is 0 Å². The van der Waals surface area contributed by atoms with Crippen molar-refractivity contribution in [3.63, 3.8) is 0 Å². The molecule has 0 saturated heterocycles. The van der Waals surface area contributed by atoms with Crippen LogP contribution in [0.2, 0.25) is 0 Å². The van der Waals surface area contributed by atoms with Crippen LogP contribution in [0.1, 0.15) is 52.1 Å². The van der Waals surface area contributed by atoms with E-state index < -0.39 is 0 Å². The van der Waals surface area contributed by atoms with Crippen LogP contribution in [-0.4, -0.2) is 24.3 Å². The van der Waals surface area contributed by atoms with Crippen molar-refractivity contribution in [2.45, 2.75) is 53.1 Å². The van der Waals surface area contributed by atoms with Gasteiger partial charge in [-0.3, -0.25) is 0 Å². The van der Waals surface area contributed by atoms with Crippen LogP contribution in [-0.2, 0) is 11.3 Å². The lowest BCUT2D eigenvalue weighted by atomic mass is 10.1. The van der Waals surface area contributed by atoms with E-state index in [1.54, 1.807) is 0 Å². The first kappa shape index (κ1) is 16.3. The zero-order valence-electron chi connectivity index (χ0n) is 13.0. The number of nitrogens with zero attached hydrogens (tertiary/aromatic N) is 1. The summed E-state index contributed by atoms with van der Waals surface area (Å²) in [5, 5.41) is 3.51. The maximum absolute atomic E-state index is 5.65. The van der Waals surface area contributed by atoms with Crippen molar-refractivity contribution >= 4 is 0 Å². The zero-order valence-corrected chi connectivity index (χ0v) is 13.0. The highest BCUT2D eigenvalue weighted by atomic mass is 16.5. The number of nitrogens with one attached hydrogen (secondary N) is 1. The Labute approximate surface area is 118 Å². The van der Waals surface area contributed by atoms with Gasteiger partial charge in [-0.1, -0.05) is 20.8 Å². The van der Waals surface area contributed by atoms with Crippen molar-refractivity contribution in [3.8, 4) is 0 Å². The van der Waals surface area contributed by atoms with Crippen LogP contribution >= 0.6 is 0 Å². The van der Waals surface area contributed by atoms with E-state index in [4.69, 9.17) is 4.74 Å². The molecule has 0 aliphatic carbocycles. The second-order valence-corrected chi connectivity index (χ2v) is 5.65. The standard InChI is InChI=1S/C16H30N2O/c1-5-8-17-15(4)16-6-9-18(13-16)10-12-19-11-7-14(2)3/h6,9,13-15,17H,5,7-8,10-12H2,1-4H3. The normalized spacial score (nSPS) is 13.1. The molecule has 1 aromatic rings. The zero-order chi connectivity index (χ0) is 14.1. The van der Waals surface area contributed by atoms with E-state index in [0.29, 0.717) is 6.04 Å². The Morgan fingerprint density at radius 1 is 1.26 bits per heavy atom. The van der Waals surface area contributed by atoms with Gasteiger partial charge in [-0.05, 0) is 43.9 Å². The molecule has 3 heteroatoms. The lowest BCUT2D eigenvalue weighted by Crippen LogP contribution is -2.18. The Morgan fingerprint density at radius 2 is 2.05 bits per heavy atom. The van der Waals surface area contributed by atoms with Crippen LogP contribution < -0.4 is 5.32 Å². The second kappa shape index (κ2) is 9.16. The van der Waals surface area contributed by atoms with Crippen molar-refractivity contribution < 1.29 is 4.74 Å². The highest BCUT2D eigenvalue weighted by molar-refractivity contribution is 5.14. The van der Waals surface area contributed by atoms with Crippen LogP contribution in [0, 0.1) is 5.92 Å². The molecule has 1 unspecified atom stereocenters. The van der Waals surface area contributed by atoms with Gasteiger partial charge in [0.1, 0.15) is 0 Å². The highest BCUT2D eigenvalue weighted by Gasteiger charge is 2.05. The lowest BCUT2D eigenvalue weighted by Gasteiger charge is -2.11. The highest BCUT2D eigenvalue weighted by Crippen LogP contribution is 2.12. The summed E-state index contributed by atoms with van der Waals surface area (Å²) in [6, 6.07) is 2.63. The first-order chi connectivity index (χ1) is 9.13. The van der Waals surface area contributed by atoms with Gasteiger partial charge in [0.05, 0.1) is 6.61 Å². The predicted molar refractivity (Wildman–Crippen MR) is 81.4 cm³/mol. The molecule has 19 heavy (non-hydrogen) atoms. The van der Waals surface area contributed by atoms with E-state index >= 15 is 0 Å². The average Bonchev–Trinajstić information content (AvgIpc) is 2.84. The van der Waals surface area contributed by atoms with E-state index in [0.717, 1.165) is 38.6 Å². The number of hydrogen-bond donors (Lipinski definition) is 1. The van der Waals surface area contributed by atoms with Crippen LogP contribution in [0.4, 0.5) is 0 Å². The van der Waals surface area contributed by atoms with Gasteiger partial charge in [-0.2, -0.15) is 0 Å². The van der Waals surface area contributed by atoms with Crippen molar-refractivity contribution in [2.75, 3.05) is 19.8 Å².